The monoisotopic (exact) mass is 254 g/mol. The van der Waals surface area contributed by atoms with Crippen molar-refractivity contribution in [3.8, 4) is 5.75 Å². The molecule has 0 radical (unpaired) electrons. The van der Waals surface area contributed by atoms with Gasteiger partial charge in [0.2, 0.25) is 5.95 Å². The Labute approximate surface area is 110 Å². The quantitative estimate of drug-likeness (QED) is 0.494. The van der Waals surface area contributed by atoms with Crippen LogP contribution in [-0.4, -0.2) is 14.7 Å². The number of aromatic nitrogens is 2. The van der Waals surface area contributed by atoms with E-state index in [2.05, 4.69) is 10.4 Å². The van der Waals surface area contributed by atoms with Crippen molar-refractivity contribution in [1.82, 2.24) is 9.55 Å². The van der Waals surface area contributed by atoms with E-state index in [1.807, 2.05) is 41.0 Å². The van der Waals surface area contributed by atoms with Crippen molar-refractivity contribution in [2.24, 2.45) is 5.84 Å². The number of nitrogens with two attached hydrogens (primary N) is 1. The molecule has 0 aliphatic heterocycles. The smallest absolute Gasteiger partial charge is 0.218 e. The standard InChI is InChI=1S/C14H14N4O/c15-17-14-16-12-3-1-2-4-13(12)18(14)9-10-5-7-11(19)8-6-10/h1-8,19H,9,15H2,(H,16,17). The zero-order valence-electron chi connectivity index (χ0n) is 10.2. The number of nitrogen functional groups attached to an aromatic ring is 1. The molecule has 0 amide bonds. The number of nitrogens with zero attached hydrogens (tertiary/aromatic N) is 2. The first kappa shape index (κ1) is 11.6. The summed E-state index contributed by atoms with van der Waals surface area (Å²) in [7, 11) is 0. The molecule has 5 nitrogen and oxygen atoms in total. The molecular formula is C14H14N4O. The number of para-hydroxylation sites is 2. The summed E-state index contributed by atoms with van der Waals surface area (Å²) in [5.74, 6) is 6.40. The van der Waals surface area contributed by atoms with E-state index in [1.165, 1.54) is 0 Å². The summed E-state index contributed by atoms with van der Waals surface area (Å²) in [5.41, 5.74) is 5.60. The zero-order chi connectivity index (χ0) is 13.2. The molecule has 1 heterocycles. The molecule has 3 aromatic rings. The van der Waals surface area contributed by atoms with Crippen molar-refractivity contribution in [1.29, 1.82) is 0 Å². The minimum Gasteiger partial charge on any atom is -0.508 e. The number of phenols is 1. The SMILES string of the molecule is NNc1nc2ccccc2n1Cc1ccc(O)cc1. The molecule has 0 atom stereocenters. The molecule has 3 rings (SSSR count). The van der Waals surface area contributed by atoms with Gasteiger partial charge < -0.3 is 9.67 Å². The fraction of sp³-hybridized carbons (Fsp3) is 0.0714. The molecule has 96 valence electrons. The van der Waals surface area contributed by atoms with Gasteiger partial charge >= 0.3 is 0 Å². The third kappa shape index (κ3) is 2.11. The largest absolute Gasteiger partial charge is 0.508 e. The number of imidazole rings is 1. The van der Waals surface area contributed by atoms with E-state index in [1.54, 1.807) is 12.1 Å². The van der Waals surface area contributed by atoms with E-state index in [0.717, 1.165) is 16.6 Å². The second kappa shape index (κ2) is 4.62. The van der Waals surface area contributed by atoms with Crippen molar-refractivity contribution in [2.75, 3.05) is 5.43 Å². The van der Waals surface area contributed by atoms with Gasteiger partial charge in [0.15, 0.2) is 0 Å². The Kier molecular flexibility index (Phi) is 2.81. The number of benzene rings is 2. The van der Waals surface area contributed by atoms with Crippen LogP contribution >= 0.6 is 0 Å². The van der Waals surface area contributed by atoms with Gasteiger partial charge in [0.25, 0.3) is 0 Å². The Balaban J connectivity index is 2.06. The normalized spacial score (nSPS) is 10.8. The molecule has 19 heavy (non-hydrogen) atoms. The fourth-order valence-corrected chi connectivity index (χ4v) is 2.13. The molecule has 5 heteroatoms. The van der Waals surface area contributed by atoms with Gasteiger partial charge in [-0.15, -0.1) is 0 Å². The lowest BCUT2D eigenvalue weighted by atomic mass is 10.2. The minimum atomic E-state index is 0.261. The van der Waals surface area contributed by atoms with Crippen LogP contribution in [0, 0.1) is 0 Å². The average molecular weight is 254 g/mol. The number of hydrogen-bond acceptors (Lipinski definition) is 4. The van der Waals surface area contributed by atoms with Crippen LogP contribution in [0.25, 0.3) is 11.0 Å². The molecule has 0 saturated carbocycles. The van der Waals surface area contributed by atoms with E-state index in [9.17, 15) is 5.11 Å². The maximum Gasteiger partial charge on any atom is 0.218 e. The average Bonchev–Trinajstić information content (AvgIpc) is 2.79. The maximum atomic E-state index is 9.30. The highest BCUT2D eigenvalue weighted by molar-refractivity contribution is 5.78. The summed E-state index contributed by atoms with van der Waals surface area (Å²) in [6.45, 7) is 0.639. The highest BCUT2D eigenvalue weighted by atomic mass is 16.3. The Morgan fingerprint density at radius 1 is 1.11 bits per heavy atom. The number of nitrogens with one attached hydrogen (secondary N) is 1. The van der Waals surface area contributed by atoms with Gasteiger partial charge in [0, 0.05) is 0 Å². The lowest BCUT2D eigenvalue weighted by Crippen LogP contribution is -2.13. The summed E-state index contributed by atoms with van der Waals surface area (Å²) < 4.78 is 2.00. The predicted octanol–water partition coefficient (Wildman–Crippen LogP) is 2.08. The number of phenolic OH excluding ortho intramolecular Hbond substituents is 1. The van der Waals surface area contributed by atoms with E-state index in [0.29, 0.717) is 12.5 Å². The Morgan fingerprint density at radius 3 is 2.58 bits per heavy atom. The summed E-state index contributed by atoms with van der Waals surface area (Å²) in [6, 6.07) is 15.0. The zero-order valence-corrected chi connectivity index (χ0v) is 10.2. The van der Waals surface area contributed by atoms with Gasteiger partial charge in [-0.1, -0.05) is 24.3 Å². The van der Waals surface area contributed by atoms with Crippen LogP contribution in [-0.2, 0) is 6.54 Å². The third-order valence-corrected chi connectivity index (χ3v) is 3.06. The number of hydrazine groups is 1. The van der Waals surface area contributed by atoms with Crippen LogP contribution in [0.3, 0.4) is 0 Å². The van der Waals surface area contributed by atoms with E-state index in [-0.39, 0.29) is 5.75 Å². The number of fused-ring (bicyclic) bond motifs is 1. The van der Waals surface area contributed by atoms with Crippen molar-refractivity contribution < 1.29 is 5.11 Å². The highest BCUT2D eigenvalue weighted by Crippen LogP contribution is 2.21. The topological polar surface area (TPSA) is 76.1 Å². The van der Waals surface area contributed by atoms with Crippen LogP contribution < -0.4 is 11.3 Å². The van der Waals surface area contributed by atoms with Crippen LogP contribution in [0.2, 0.25) is 0 Å². The van der Waals surface area contributed by atoms with Crippen molar-refractivity contribution in [3.05, 3.63) is 54.1 Å². The van der Waals surface area contributed by atoms with Crippen LogP contribution in [0.5, 0.6) is 5.75 Å². The fourth-order valence-electron chi connectivity index (χ4n) is 2.13. The Hall–Kier alpha value is -2.53. The molecule has 2 aromatic carbocycles. The molecule has 0 bridgehead atoms. The lowest BCUT2D eigenvalue weighted by molar-refractivity contribution is 0.475. The molecule has 1 aromatic heterocycles. The van der Waals surface area contributed by atoms with Crippen molar-refractivity contribution in [2.45, 2.75) is 6.54 Å². The predicted molar refractivity (Wildman–Crippen MR) is 74.8 cm³/mol. The van der Waals surface area contributed by atoms with Crippen LogP contribution in [0.4, 0.5) is 5.95 Å². The Bertz CT molecular complexity index is 703. The van der Waals surface area contributed by atoms with Gasteiger partial charge in [-0.2, -0.15) is 0 Å². The van der Waals surface area contributed by atoms with Gasteiger partial charge in [-0.05, 0) is 29.8 Å². The van der Waals surface area contributed by atoms with Crippen LogP contribution in [0.1, 0.15) is 5.56 Å². The van der Waals surface area contributed by atoms with Gasteiger partial charge in [0.1, 0.15) is 5.75 Å². The van der Waals surface area contributed by atoms with E-state index < -0.39 is 0 Å². The number of aromatic hydroxyl groups is 1. The molecule has 0 saturated heterocycles. The molecule has 4 N–H and O–H groups in total. The van der Waals surface area contributed by atoms with E-state index in [4.69, 9.17) is 5.84 Å². The maximum absolute atomic E-state index is 9.30. The summed E-state index contributed by atoms with van der Waals surface area (Å²) in [5, 5.41) is 9.30. The first-order valence-electron chi connectivity index (χ1n) is 5.98. The first-order valence-corrected chi connectivity index (χ1v) is 5.98. The second-order valence-electron chi connectivity index (χ2n) is 4.32. The number of hydrogen-bond donors (Lipinski definition) is 3. The Morgan fingerprint density at radius 2 is 1.84 bits per heavy atom. The molecule has 0 spiro atoms. The number of rotatable bonds is 3. The lowest BCUT2D eigenvalue weighted by Gasteiger charge is -2.08. The van der Waals surface area contributed by atoms with Gasteiger partial charge in [0.05, 0.1) is 17.6 Å². The van der Waals surface area contributed by atoms with Gasteiger partial charge in [-0.25, -0.2) is 10.8 Å². The molecule has 0 aliphatic rings. The minimum absolute atomic E-state index is 0.261. The molecular weight excluding hydrogens is 240 g/mol. The summed E-state index contributed by atoms with van der Waals surface area (Å²) >= 11 is 0. The number of anilines is 1. The second-order valence-corrected chi connectivity index (χ2v) is 4.32. The van der Waals surface area contributed by atoms with Gasteiger partial charge in [-0.3, -0.25) is 5.43 Å². The first-order chi connectivity index (χ1) is 9.28. The van der Waals surface area contributed by atoms with E-state index >= 15 is 0 Å². The summed E-state index contributed by atoms with van der Waals surface area (Å²) in [6.07, 6.45) is 0. The molecule has 0 aliphatic carbocycles. The van der Waals surface area contributed by atoms with Crippen molar-refractivity contribution in [3.63, 3.8) is 0 Å². The molecule has 0 unspecified atom stereocenters. The third-order valence-electron chi connectivity index (χ3n) is 3.06. The summed E-state index contributed by atoms with van der Waals surface area (Å²) in [4.78, 5) is 4.42. The highest BCUT2D eigenvalue weighted by Gasteiger charge is 2.09. The van der Waals surface area contributed by atoms with Crippen molar-refractivity contribution >= 4 is 17.0 Å². The molecule has 0 fully saturated rings. The van der Waals surface area contributed by atoms with Crippen LogP contribution in [0.15, 0.2) is 48.5 Å².